The summed E-state index contributed by atoms with van der Waals surface area (Å²) in [7, 11) is -7.12. The molecule has 2 atom stereocenters. The van der Waals surface area contributed by atoms with E-state index in [1.807, 2.05) is 0 Å². The van der Waals surface area contributed by atoms with E-state index in [1.54, 1.807) is 0 Å². The Bertz CT molecular complexity index is 309. The van der Waals surface area contributed by atoms with Crippen LogP contribution >= 0.6 is 8.03 Å². The van der Waals surface area contributed by atoms with Crippen molar-refractivity contribution in [2.45, 2.75) is 11.2 Å². The molecule has 0 aliphatic heterocycles. The smallest absolute Gasteiger partial charge is 0.270 e. The molecule has 0 fully saturated rings. The highest BCUT2D eigenvalue weighted by Gasteiger charge is 2.64. The number of halogens is 3. The number of alkyl halides is 3. The van der Waals surface area contributed by atoms with Crippen molar-refractivity contribution in [1.82, 2.24) is 0 Å². The summed E-state index contributed by atoms with van der Waals surface area (Å²) in [5.74, 6) is 0. The fraction of sp³-hybridized carbons (Fsp3) is 1.00. The van der Waals surface area contributed by atoms with Gasteiger partial charge in [0, 0.05) is 0 Å². The maximum Gasteiger partial charge on any atom is 0.540 e. The second-order valence-corrected chi connectivity index (χ2v) is 5.61. The van der Waals surface area contributed by atoms with Crippen LogP contribution in [0.1, 0.15) is 0 Å². The SMILES string of the molecule is CO[P+](=O)C(C(F)(F)F)S(=O)(=O)OC. The van der Waals surface area contributed by atoms with Crippen LogP contribution in [0.25, 0.3) is 0 Å². The molecule has 5 nitrogen and oxygen atoms in total. The molecule has 84 valence electrons. The minimum absolute atomic E-state index is 0.549. The zero-order valence-electron chi connectivity index (χ0n) is 7.11. The molecule has 0 radical (unpaired) electrons. The molecule has 0 saturated carbocycles. The molecule has 0 bridgehead atoms. The summed E-state index contributed by atoms with van der Waals surface area (Å²) < 4.78 is 76.0. The van der Waals surface area contributed by atoms with Gasteiger partial charge < -0.3 is 0 Å². The largest absolute Gasteiger partial charge is 0.540 e. The fourth-order valence-electron chi connectivity index (χ4n) is 0.575. The predicted octanol–water partition coefficient (Wildman–Crippen LogP) is 1.24. The van der Waals surface area contributed by atoms with Crippen LogP contribution in [-0.4, -0.2) is 33.8 Å². The lowest BCUT2D eigenvalue weighted by molar-refractivity contribution is -0.117. The predicted molar refractivity (Wildman–Crippen MR) is 40.4 cm³/mol. The number of rotatable bonds is 4. The van der Waals surface area contributed by atoms with E-state index in [1.165, 1.54) is 0 Å². The van der Waals surface area contributed by atoms with Gasteiger partial charge in [0.05, 0.1) is 14.2 Å². The third kappa shape index (κ3) is 3.16. The zero-order chi connectivity index (χ0) is 11.6. The molecule has 0 N–H and O–H groups in total. The molecule has 0 saturated heterocycles. The molecule has 14 heavy (non-hydrogen) atoms. The van der Waals surface area contributed by atoms with Gasteiger partial charge in [-0.25, -0.2) is 0 Å². The lowest BCUT2D eigenvalue weighted by Crippen LogP contribution is -2.34. The van der Waals surface area contributed by atoms with Crippen molar-refractivity contribution in [3.8, 4) is 0 Å². The van der Waals surface area contributed by atoms with Gasteiger partial charge in [-0.1, -0.05) is 0 Å². The Balaban J connectivity index is 5.25. The Hall–Kier alpha value is -0.240. The van der Waals surface area contributed by atoms with Crippen LogP contribution < -0.4 is 0 Å². The topological polar surface area (TPSA) is 69.7 Å². The molecule has 0 heterocycles. The Kier molecular flexibility index (Phi) is 4.44. The molecule has 0 amide bonds. The van der Waals surface area contributed by atoms with Crippen molar-refractivity contribution in [1.29, 1.82) is 0 Å². The first kappa shape index (κ1) is 13.8. The summed E-state index contributed by atoms with van der Waals surface area (Å²) in [4.78, 5) is -3.15. The summed E-state index contributed by atoms with van der Waals surface area (Å²) in [5.41, 5.74) is 0. The lowest BCUT2D eigenvalue weighted by atomic mass is 10.8. The van der Waals surface area contributed by atoms with E-state index < -0.39 is 29.3 Å². The molecule has 0 rings (SSSR count). The lowest BCUT2D eigenvalue weighted by Gasteiger charge is -2.08. The summed E-state index contributed by atoms with van der Waals surface area (Å²) in [6.07, 6.45) is -5.20. The molecule has 0 aromatic rings. The summed E-state index contributed by atoms with van der Waals surface area (Å²) in [6, 6.07) is 0. The summed E-state index contributed by atoms with van der Waals surface area (Å²) in [5, 5.41) is 0. The average Bonchev–Trinajstić information content (AvgIpc) is 2.01. The van der Waals surface area contributed by atoms with Gasteiger partial charge in [0.2, 0.25) is 0 Å². The molecule has 0 aromatic carbocycles. The van der Waals surface area contributed by atoms with Gasteiger partial charge in [-0.3, -0.25) is 4.18 Å². The number of hydrogen-bond donors (Lipinski definition) is 0. The molecule has 2 unspecified atom stereocenters. The van der Waals surface area contributed by atoms with Gasteiger partial charge in [-0.2, -0.15) is 21.6 Å². The van der Waals surface area contributed by atoms with Crippen LogP contribution in [0, 0.1) is 0 Å². The Labute approximate surface area is 79.2 Å². The van der Waals surface area contributed by atoms with Gasteiger partial charge in [-0.15, -0.1) is 4.52 Å². The first-order valence-corrected chi connectivity index (χ1v) is 5.75. The highest BCUT2D eigenvalue weighted by Crippen LogP contribution is 2.43. The fourth-order valence-corrected chi connectivity index (χ4v) is 2.88. The van der Waals surface area contributed by atoms with Crippen molar-refractivity contribution < 1.29 is 34.9 Å². The van der Waals surface area contributed by atoms with Crippen LogP contribution in [0.3, 0.4) is 0 Å². The number of hydrogen-bond acceptors (Lipinski definition) is 5. The Morgan fingerprint density at radius 2 is 1.71 bits per heavy atom. The van der Waals surface area contributed by atoms with Crippen LogP contribution in [0.2, 0.25) is 0 Å². The first-order valence-electron chi connectivity index (χ1n) is 3.03. The maximum absolute atomic E-state index is 12.1. The minimum Gasteiger partial charge on any atom is -0.270 e. The van der Waals surface area contributed by atoms with Crippen LogP contribution in [-0.2, 0) is 23.4 Å². The summed E-state index contributed by atoms with van der Waals surface area (Å²) >= 11 is 0. The quantitative estimate of drug-likeness (QED) is 0.558. The van der Waals surface area contributed by atoms with Crippen molar-refractivity contribution in [3.63, 3.8) is 0 Å². The van der Waals surface area contributed by atoms with Gasteiger partial charge in [0.15, 0.2) is 0 Å². The van der Waals surface area contributed by atoms with Gasteiger partial charge in [0.1, 0.15) is 0 Å². The van der Waals surface area contributed by atoms with Crippen molar-refractivity contribution in [2.24, 2.45) is 0 Å². The Morgan fingerprint density at radius 3 is 1.93 bits per heavy atom. The van der Waals surface area contributed by atoms with Crippen LogP contribution in [0.4, 0.5) is 13.2 Å². The maximum atomic E-state index is 12.1. The average molecular weight is 255 g/mol. The molecule has 10 heteroatoms. The summed E-state index contributed by atoms with van der Waals surface area (Å²) in [6.45, 7) is 0. The van der Waals surface area contributed by atoms with E-state index in [2.05, 4.69) is 8.71 Å². The molecule has 0 aliphatic carbocycles. The van der Waals surface area contributed by atoms with Gasteiger partial charge in [0.25, 0.3) is 0 Å². The van der Waals surface area contributed by atoms with E-state index in [4.69, 9.17) is 0 Å². The van der Waals surface area contributed by atoms with Crippen LogP contribution in [0.15, 0.2) is 0 Å². The highest BCUT2D eigenvalue weighted by atomic mass is 32.2. The normalized spacial score (nSPS) is 16.5. The van der Waals surface area contributed by atoms with Crippen LogP contribution in [0.5, 0.6) is 0 Å². The van der Waals surface area contributed by atoms with E-state index in [9.17, 15) is 26.2 Å². The second kappa shape index (κ2) is 4.52. The monoisotopic (exact) mass is 255 g/mol. The molecular formula is C4H7F3O5PS+. The standard InChI is InChI=1S/C4H7F3O5PS/c1-11-13(8)3(4(5,6)7)14(9,10)12-2/h3H,1-2H3/q+1. The van der Waals surface area contributed by atoms with Crippen molar-refractivity contribution in [2.75, 3.05) is 14.2 Å². The molecule has 0 spiro atoms. The first-order chi connectivity index (χ1) is 6.16. The van der Waals surface area contributed by atoms with Gasteiger partial charge >= 0.3 is 29.3 Å². The third-order valence-corrected chi connectivity index (χ3v) is 4.76. The molecule has 0 aliphatic rings. The third-order valence-electron chi connectivity index (χ3n) is 1.16. The van der Waals surface area contributed by atoms with Crippen molar-refractivity contribution >= 4 is 18.1 Å². The second-order valence-electron chi connectivity index (χ2n) is 2.02. The highest BCUT2D eigenvalue weighted by molar-refractivity contribution is 7.93. The molecular weight excluding hydrogens is 248 g/mol. The van der Waals surface area contributed by atoms with E-state index in [0.717, 1.165) is 0 Å². The molecule has 0 aromatic heterocycles. The minimum atomic E-state index is -5.20. The van der Waals surface area contributed by atoms with E-state index >= 15 is 0 Å². The zero-order valence-corrected chi connectivity index (χ0v) is 8.82. The van der Waals surface area contributed by atoms with E-state index in [-0.39, 0.29) is 0 Å². The Morgan fingerprint density at radius 1 is 1.29 bits per heavy atom. The van der Waals surface area contributed by atoms with Crippen molar-refractivity contribution in [3.05, 3.63) is 0 Å². The van der Waals surface area contributed by atoms with E-state index in [0.29, 0.717) is 14.2 Å². The van der Waals surface area contributed by atoms with Gasteiger partial charge in [-0.05, 0) is 4.57 Å².